The number of carbonyl (C=O) groups is 1. The van der Waals surface area contributed by atoms with E-state index < -0.39 is 0 Å². The largest absolute Gasteiger partial charge is 0.325 e. The van der Waals surface area contributed by atoms with E-state index in [1.807, 2.05) is 41.1 Å². The highest BCUT2D eigenvalue weighted by Crippen LogP contribution is 2.24. The van der Waals surface area contributed by atoms with Gasteiger partial charge in [0.25, 0.3) is 0 Å². The lowest BCUT2D eigenvalue weighted by atomic mass is 10.3. The second kappa shape index (κ2) is 6.32. The predicted octanol–water partition coefficient (Wildman–Crippen LogP) is 3.63. The number of anilines is 1. The number of carbonyl (C=O) groups excluding carboxylic acids is 1. The number of allylic oxidation sites excluding steroid dienone is 1. The average molecular weight is 334 g/mol. The molecule has 3 aromatic rings. The molecule has 0 bridgehead atoms. The first kappa shape index (κ1) is 15.3. The monoisotopic (exact) mass is 334 g/mol. The SMILES string of the molecule is O=C(Cn1c(C2=CCC=N2)nc2ccccc21)Nc1ccc(F)cc1. The molecule has 4 rings (SSSR count). The van der Waals surface area contributed by atoms with Gasteiger partial charge in [-0.3, -0.25) is 9.79 Å². The molecule has 25 heavy (non-hydrogen) atoms. The summed E-state index contributed by atoms with van der Waals surface area (Å²) < 4.78 is 14.8. The zero-order valence-corrected chi connectivity index (χ0v) is 13.3. The van der Waals surface area contributed by atoms with Crippen molar-refractivity contribution in [3.63, 3.8) is 0 Å². The molecule has 1 aromatic heterocycles. The molecule has 1 aliphatic heterocycles. The number of aromatic nitrogens is 2. The topological polar surface area (TPSA) is 59.3 Å². The summed E-state index contributed by atoms with van der Waals surface area (Å²) in [5.74, 6) is 0.120. The van der Waals surface area contributed by atoms with Gasteiger partial charge in [-0.05, 0) is 42.5 Å². The van der Waals surface area contributed by atoms with Gasteiger partial charge in [0.2, 0.25) is 5.91 Å². The van der Waals surface area contributed by atoms with Crippen molar-refractivity contribution in [3.8, 4) is 0 Å². The molecule has 0 unspecified atom stereocenters. The van der Waals surface area contributed by atoms with Gasteiger partial charge in [-0.15, -0.1) is 0 Å². The maximum atomic E-state index is 13.0. The minimum absolute atomic E-state index is 0.0973. The van der Waals surface area contributed by atoms with E-state index in [1.54, 1.807) is 0 Å². The number of rotatable bonds is 4. The van der Waals surface area contributed by atoms with E-state index >= 15 is 0 Å². The predicted molar refractivity (Wildman–Crippen MR) is 95.8 cm³/mol. The van der Waals surface area contributed by atoms with E-state index in [1.165, 1.54) is 24.3 Å². The molecule has 0 radical (unpaired) electrons. The Hall–Kier alpha value is -3.28. The quantitative estimate of drug-likeness (QED) is 0.792. The number of fused-ring (bicyclic) bond motifs is 1. The molecular weight excluding hydrogens is 319 g/mol. The van der Waals surface area contributed by atoms with Crippen LogP contribution in [-0.2, 0) is 11.3 Å². The summed E-state index contributed by atoms with van der Waals surface area (Å²) in [4.78, 5) is 21.4. The minimum Gasteiger partial charge on any atom is -0.325 e. The van der Waals surface area contributed by atoms with Crippen LogP contribution >= 0.6 is 0 Å². The van der Waals surface area contributed by atoms with Gasteiger partial charge in [-0.2, -0.15) is 0 Å². The molecule has 6 heteroatoms. The van der Waals surface area contributed by atoms with Gasteiger partial charge in [0, 0.05) is 18.3 Å². The zero-order valence-electron chi connectivity index (χ0n) is 13.3. The van der Waals surface area contributed by atoms with Crippen molar-refractivity contribution in [2.24, 2.45) is 4.99 Å². The maximum Gasteiger partial charge on any atom is 0.244 e. The number of hydrogen-bond donors (Lipinski definition) is 1. The number of imidazole rings is 1. The highest BCUT2D eigenvalue weighted by molar-refractivity contribution is 5.92. The van der Waals surface area contributed by atoms with E-state index in [4.69, 9.17) is 0 Å². The molecule has 1 amide bonds. The summed E-state index contributed by atoms with van der Waals surface area (Å²) in [6.07, 6.45) is 4.56. The van der Waals surface area contributed by atoms with Crippen molar-refractivity contribution in [3.05, 3.63) is 66.2 Å². The summed E-state index contributed by atoms with van der Waals surface area (Å²) in [5.41, 5.74) is 3.01. The van der Waals surface area contributed by atoms with Crippen LogP contribution in [0.2, 0.25) is 0 Å². The molecule has 0 spiro atoms. The number of hydrogen-bond acceptors (Lipinski definition) is 3. The molecule has 0 atom stereocenters. The van der Waals surface area contributed by atoms with Crippen LogP contribution in [0.5, 0.6) is 0 Å². The van der Waals surface area contributed by atoms with Gasteiger partial charge in [0.15, 0.2) is 5.82 Å². The molecule has 2 aromatic carbocycles. The fourth-order valence-electron chi connectivity index (χ4n) is 2.83. The van der Waals surface area contributed by atoms with E-state index in [9.17, 15) is 9.18 Å². The van der Waals surface area contributed by atoms with Crippen molar-refractivity contribution in [2.45, 2.75) is 13.0 Å². The first-order chi connectivity index (χ1) is 12.2. The summed E-state index contributed by atoms with van der Waals surface area (Å²) in [5, 5.41) is 2.78. The maximum absolute atomic E-state index is 13.0. The first-order valence-corrected chi connectivity index (χ1v) is 7.94. The number of benzene rings is 2. The number of nitrogens with zero attached hydrogens (tertiary/aromatic N) is 3. The minimum atomic E-state index is -0.341. The standard InChI is InChI=1S/C19H15FN4O/c20-13-7-9-14(10-8-13)22-18(25)12-24-17-6-2-1-4-15(17)23-19(24)16-5-3-11-21-16/h1-2,4-11H,3,12H2,(H,22,25). The van der Waals surface area contributed by atoms with E-state index in [0.29, 0.717) is 11.5 Å². The van der Waals surface area contributed by atoms with E-state index in [0.717, 1.165) is 23.2 Å². The van der Waals surface area contributed by atoms with Crippen LogP contribution in [0.4, 0.5) is 10.1 Å². The van der Waals surface area contributed by atoms with E-state index in [-0.39, 0.29) is 18.3 Å². The number of nitrogens with one attached hydrogen (secondary N) is 1. The van der Waals surface area contributed by atoms with Crippen molar-refractivity contribution >= 4 is 34.5 Å². The van der Waals surface area contributed by atoms with Crippen LogP contribution in [0, 0.1) is 5.82 Å². The molecule has 0 aliphatic carbocycles. The van der Waals surface area contributed by atoms with Crippen LogP contribution < -0.4 is 5.32 Å². The number of para-hydroxylation sites is 2. The smallest absolute Gasteiger partial charge is 0.244 e. The lowest BCUT2D eigenvalue weighted by molar-refractivity contribution is -0.116. The van der Waals surface area contributed by atoms with Crippen molar-refractivity contribution in [1.82, 2.24) is 9.55 Å². The zero-order chi connectivity index (χ0) is 17.2. The molecule has 1 aliphatic rings. The van der Waals surface area contributed by atoms with Crippen LogP contribution in [0.15, 0.2) is 59.6 Å². The van der Waals surface area contributed by atoms with Gasteiger partial charge in [-0.1, -0.05) is 12.1 Å². The average Bonchev–Trinajstić information content (AvgIpc) is 3.25. The molecule has 0 saturated carbocycles. The Balaban J connectivity index is 1.65. The molecule has 0 saturated heterocycles. The first-order valence-electron chi connectivity index (χ1n) is 7.94. The van der Waals surface area contributed by atoms with Crippen molar-refractivity contribution < 1.29 is 9.18 Å². The van der Waals surface area contributed by atoms with Gasteiger partial charge < -0.3 is 9.88 Å². The Kier molecular flexibility index (Phi) is 3.85. The molecular formula is C19H15FN4O. The Morgan fingerprint density at radius 2 is 1.96 bits per heavy atom. The van der Waals surface area contributed by atoms with Crippen LogP contribution in [0.25, 0.3) is 16.7 Å². The third-order valence-electron chi connectivity index (χ3n) is 3.96. The fourth-order valence-corrected chi connectivity index (χ4v) is 2.83. The van der Waals surface area contributed by atoms with Gasteiger partial charge in [0.05, 0.1) is 11.0 Å². The van der Waals surface area contributed by atoms with Crippen LogP contribution in [0.1, 0.15) is 12.2 Å². The molecule has 5 nitrogen and oxygen atoms in total. The third kappa shape index (κ3) is 3.06. The Bertz CT molecular complexity index is 1000. The normalized spacial score (nSPS) is 13.2. The van der Waals surface area contributed by atoms with Crippen molar-refractivity contribution in [2.75, 3.05) is 5.32 Å². The van der Waals surface area contributed by atoms with Crippen molar-refractivity contribution in [1.29, 1.82) is 0 Å². The Morgan fingerprint density at radius 1 is 1.16 bits per heavy atom. The third-order valence-corrected chi connectivity index (χ3v) is 3.96. The molecule has 124 valence electrons. The summed E-state index contributed by atoms with van der Waals surface area (Å²) in [6, 6.07) is 13.3. The van der Waals surface area contributed by atoms with Gasteiger partial charge in [0.1, 0.15) is 18.1 Å². The second-order valence-corrected chi connectivity index (χ2v) is 5.70. The number of amides is 1. The number of halogens is 1. The molecule has 1 N–H and O–H groups in total. The second-order valence-electron chi connectivity index (χ2n) is 5.70. The van der Waals surface area contributed by atoms with Crippen LogP contribution in [0.3, 0.4) is 0 Å². The fraction of sp³-hybridized carbons (Fsp3) is 0.105. The lowest BCUT2D eigenvalue weighted by Gasteiger charge is -2.10. The highest BCUT2D eigenvalue weighted by atomic mass is 19.1. The highest BCUT2D eigenvalue weighted by Gasteiger charge is 2.17. The van der Waals surface area contributed by atoms with Gasteiger partial charge in [-0.25, -0.2) is 9.37 Å². The summed E-state index contributed by atoms with van der Waals surface area (Å²) in [6.45, 7) is 0.0973. The van der Waals surface area contributed by atoms with Gasteiger partial charge >= 0.3 is 0 Å². The lowest BCUT2D eigenvalue weighted by Crippen LogP contribution is -2.20. The summed E-state index contributed by atoms with van der Waals surface area (Å²) >= 11 is 0. The summed E-state index contributed by atoms with van der Waals surface area (Å²) in [7, 11) is 0. The van der Waals surface area contributed by atoms with Crippen LogP contribution in [-0.4, -0.2) is 21.7 Å². The van der Waals surface area contributed by atoms with E-state index in [2.05, 4.69) is 15.3 Å². The molecule has 0 fully saturated rings. The number of aliphatic imine (C=N–C) groups is 1. The Labute approximate surface area is 143 Å². The molecule has 2 heterocycles. The Morgan fingerprint density at radius 3 is 2.72 bits per heavy atom.